The zero-order chi connectivity index (χ0) is 13.1. The lowest BCUT2D eigenvalue weighted by molar-refractivity contribution is -0.0527. The SMILES string of the molecule is CC1CN(Cc2cccnc2C(N)=S)C(C)CO1. The second-order valence-corrected chi connectivity index (χ2v) is 5.24. The summed E-state index contributed by atoms with van der Waals surface area (Å²) in [6.07, 6.45) is 2.00. The zero-order valence-electron chi connectivity index (χ0n) is 10.8. The molecule has 0 spiro atoms. The van der Waals surface area contributed by atoms with Crippen molar-refractivity contribution in [2.24, 2.45) is 5.73 Å². The van der Waals surface area contributed by atoms with Gasteiger partial charge in [0.05, 0.1) is 12.7 Å². The van der Waals surface area contributed by atoms with E-state index in [9.17, 15) is 0 Å². The molecule has 1 aromatic heterocycles. The summed E-state index contributed by atoms with van der Waals surface area (Å²) in [6, 6.07) is 4.36. The van der Waals surface area contributed by atoms with Crippen LogP contribution >= 0.6 is 12.2 Å². The third kappa shape index (κ3) is 3.04. The number of hydrogen-bond acceptors (Lipinski definition) is 4. The quantitative estimate of drug-likeness (QED) is 0.836. The predicted octanol–water partition coefficient (Wildman–Crippen LogP) is 1.33. The van der Waals surface area contributed by atoms with Crippen LogP contribution in [0.5, 0.6) is 0 Å². The molecule has 0 aliphatic carbocycles. The number of morpholine rings is 1. The van der Waals surface area contributed by atoms with E-state index in [1.54, 1.807) is 6.20 Å². The van der Waals surface area contributed by atoms with Gasteiger partial charge in [-0.2, -0.15) is 0 Å². The summed E-state index contributed by atoms with van der Waals surface area (Å²) >= 11 is 5.04. The van der Waals surface area contributed by atoms with Gasteiger partial charge in [0.25, 0.3) is 0 Å². The van der Waals surface area contributed by atoms with Gasteiger partial charge in [-0.25, -0.2) is 0 Å². The monoisotopic (exact) mass is 265 g/mol. The molecule has 1 saturated heterocycles. The third-order valence-corrected chi connectivity index (χ3v) is 3.43. The van der Waals surface area contributed by atoms with Gasteiger partial charge in [-0.1, -0.05) is 18.3 Å². The van der Waals surface area contributed by atoms with Crippen LogP contribution in [-0.2, 0) is 11.3 Å². The highest BCUT2D eigenvalue weighted by atomic mass is 32.1. The number of pyridine rings is 1. The Bertz CT molecular complexity index is 438. The molecule has 2 heterocycles. The van der Waals surface area contributed by atoms with Crippen LogP contribution in [-0.4, -0.2) is 40.2 Å². The first-order valence-corrected chi connectivity index (χ1v) is 6.58. The Hall–Kier alpha value is -1.04. The summed E-state index contributed by atoms with van der Waals surface area (Å²) in [5.41, 5.74) is 7.53. The molecule has 0 aromatic carbocycles. The molecule has 0 amide bonds. The maximum atomic E-state index is 5.71. The number of aromatic nitrogens is 1. The zero-order valence-corrected chi connectivity index (χ0v) is 11.6. The van der Waals surface area contributed by atoms with Crippen LogP contribution in [0, 0.1) is 0 Å². The molecule has 0 saturated carbocycles. The lowest BCUT2D eigenvalue weighted by atomic mass is 10.1. The maximum Gasteiger partial charge on any atom is 0.123 e. The van der Waals surface area contributed by atoms with Gasteiger partial charge in [0.15, 0.2) is 0 Å². The van der Waals surface area contributed by atoms with Crippen LogP contribution < -0.4 is 5.73 Å². The van der Waals surface area contributed by atoms with Crippen LogP contribution in [0.3, 0.4) is 0 Å². The Morgan fingerprint density at radius 3 is 3.11 bits per heavy atom. The lowest BCUT2D eigenvalue weighted by Crippen LogP contribution is -2.46. The van der Waals surface area contributed by atoms with Gasteiger partial charge in [-0.15, -0.1) is 0 Å². The first-order valence-electron chi connectivity index (χ1n) is 6.17. The van der Waals surface area contributed by atoms with E-state index in [4.69, 9.17) is 22.7 Å². The van der Waals surface area contributed by atoms with Crippen molar-refractivity contribution in [1.82, 2.24) is 9.88 Å². The van der Waals surface area contributed by atoms with Crippen molar-refractivity contribution in [3.05, 3.63) is 29.6 Å². The average molecular weight is 265 g/mol. The highest BCUT2D eigenvalue weighted by Gasteiger charge is 2.24. The van der Waals surface area contributed by atoms with Crippen molar-refractivity contribution in [2.45, 2.75) is 32.5 Å². The molecule has 1 fully saturated rings. The molecule has 1 aliphatic heterocycles. The van der Waals surface area contributed by atoms with Crippen molar-refractivity contribution in [1.29, 1.82) is 0 Å². The van der Waals surface area contributed by atoms with Crippen molar-refractivity contribution in [3.8, 4) is 0 Å². The molecule has 0 bridgehead atoms. The summed E-state index contributed by atoms with van der Waals surface area (Å²) in [7, 11) is 0. The second kappa shape index (κ2) is 5.73. The summed E-state index contributed by atoms with van der Waals surface area (Å²) in [4.78, 5) is 7.01. The summed E-state index contributed by atoms with van der Waals surface area (Å²) in [6.45, 7) is 6.77. The predicted molar refractivity (Wildman–Crippen MR) is 75.4 cm³/mol. The number of nitrogens with zero attached hydrogens (tertiary/aromatic N) is 2. The van der Waals surface area contributed by atoms with Gasteiger partial charge < -0.3 is 10.5 Å². The summed E-state index contributed by atoms with van der Waals surface area (Å²) in [5.74, 6) is 0. The fraction of sp³-hybridized carbons (Fsp3) is 0.538. The number of hydrogen-bond donors (Lipinski definition) is 1. The number of thiocarbonyl (C=S) groups is 1. The number of rotatable bonds is 3. The third-order valence-electron chi connectivity index (χ3n) is 3.24. The Morgan fingerprint density at radius 1 is 1.61 bits per heavy atom. The fourth-order valence-corrected chi connectivity index (χ4v) is 2.38. The molecule has 2 unspecified atom stereocenters. The second-order valence-electron chi connectivity index (χ2n) is 4.80. The number of nitrogens with two attached hydrogens (primary N) is 1. The molecule has 1 aromatic rings. The minimum absolute atomic E-state index is 0.270. The largest absolute Gasteiger partial charge is 0.388 e. The molecule has 18 heavy (non-hydrogen) atoms. The molecule has 2 N–H and O–H groups in total. The molecule has 4 nitrogen and oxygen atoms in total. The Labute approximate surface area is 113 Å². The maximum absolute atomic E-state index is 5.71. The van der Waals surface area contributed by atoms with E-state index in [0.717, 1.165) is 31.0 Å². The van der Waals surface area contributed by atoms with Gasteiger partial charge >= 0.3 is 0 Å². The van der Waals surface area contributed by atoms with Gasteiger partial charge in [-0.3, -0.25) is 9.88 Å². The highest BCUT2D eigenvalue weighted by molar-refractivity contribution is 7.80. The van der Waals surface area contributed by atoms with Crippen LogP contribution in [0.2, 0.25) is 0 Å². The van der Waals surface area contributed by atoms with Crippen molar-refractivity contribution >= 4 is 17.2 Å². The van der Waals surface area contributed by atoms with E-state index in [-0.39, 0.29) is 6.10 Å². The molecule has 1 aliphatic rings. The summed E-state index contributed by atoms with van der Waals surface area (Å²) < 4.78 is 5.63. The topological polar surface area (TPSA) is 51.4 Å². The molecular weight excluding hydrogens is 246 g/mol. The first kappa shape index (κ1) is 13.4. The van der Waals surface area contributed by atoms with Gasteiger partial charge in [0.2, 0.25) is 0 Å². The minimum atomic E-state index is 0.270. The molecule has 2 atom stereocenters. The van der Waals surface area contributed by atoms with Crippen molar-refractivity contribution in [3.63, 3.8) is 0 Å². The van der Waals surface area contributed by atoms with E-state index in [2.05, 4.69) is 23.7 Å². The van der Waals surface area contributed by atoms with E-state index in [1.807, 2.05) is 12.1 Å². The van der Waals surface area contributed by atoms with E-state index < -0.39 is 0 Å². The minimum Gasteiger partial charge on any atom is -0.388 e. The van der Waals surface area contributed by atoms with Crippen LogP contribution in [0.1, 0.15) is 25.1 Å². The Balaban J connectivity index is 2.15. The standard InChI is InChI=1S/C13H19N3OS/c1-9-8-17-10(2)6-16(9)7-11-4-3-5-15-12(11)13(14)18/h3-5,9-10H,6-8H2,1-2H3,(H2,14,18). The lowest BCUT2D eigenvalue weighted by Gasteiger charge is -2.37. The van der Waals surface area contributed by atoms with Gasteiger partial charge in [0, 0.05) is 25.3 Å². The van der Waals surface area contributed by atoms with Crippen molar-refractivity contribution in [2.75, 3.05) is 13.2 Å². The number of ether oxygens (including phenoxy) is 1. The summed E-state index contributed by atoms with van der Waals surface area (Å²) in [5, 5.41) is 0. The van der Waals surface area contributed by atoms with Crippen LogP contribution in [0.4, 0.5) is 0 Å². The molecular formula is C13H19N3OS. The first-order chi connectivity index (χ1) is 8.58. The Kier molecular flexibility index (Phi) is 4.27. The average Bonchev–Trinajstić information content (AvgIpc) is 2.34. The Morgan fingerprint density at radius 2 is 2.39 bits per heavy atom. The molecule has 5 heteroatoms. The van der Waals surface area contributed by atoms with E-state index in [0.29, 0.717) is 11.0 Å². The molecule has 0 radical (unpaired) electrons. The fourth-order valence-electron chi connectivity index (χ4n) is 2.20. The normalized spacial score (nSPS) is 25.0. The van der Waals surface area contributed by atoms with Crippen LogP contribution in [0.25, 0.3) is 0 Å². The smallest absolute Gasteiger partial charge is 0.123 e. The molecule has 2 rings (SSSR count). The van der Waals surface area contributed by atoms with Gasteiger partial charge in [-0.05, 0) is 25.5 Å². The van der Waals surface area contributed by atoms with Crippen LogP contribution in [0.15, 0.2) is 18.3 Å². The van der Waals surface area contributed by atoms with Crippen molar-refractivity contribution < 1.29 is 4.74 Å². The van der Waals surface area contributed by atoms with E-state index in [1.165, 1.54) is 0 Å². The highest BCUT2D eigenvalue weighted by Crippen LogP contribution is 2.16. The molecule has 98 valence electrons. The van der Waals surface area contributed by atoms with Gasteiger partial charge in [0.1, 0.15) is 10.7 Å². The van der Waals surface area contributed by atoms with E-state index >= 15 is 0 Å².